The molecular formula is C10H11O2. The highest BCUT2D eigenvalue weighted by molar-refractivity contribution is 5.40. The van der Waals surface area contributed by atoms with Crippen molar-refractivity contribution in [3.8, 4) is 0 Å². The van der Waals surface area contributed by atoms with Crippen molar-refractivity contribution >= 4 is 6.47 Å². The lowest BCUT2D eigenvalue weighted by Crippen LogP contribution is -2.20. The van der Waals surface area contributed by atoms with Gasteiger partial charge in [0.15, 0.2) is 0 Å². The van der Waals surface area contributed by atoms with E-state index in [4.69, 9.17) is 4.74 Å². The lowest BCUT2D eigenvalue weighted by atomic mass is 9.98. The fourth-order valence-corrected chi connectivity index (χ4v) is 1.00. The summed E-state index contributed by atoms with van der Waals surface area (Å²) in [7, 11) is 0. The second-order valence-electron chi connectivity index (χ2n) is 3.06. The summed E-state index contributed by atoms with van der Waals surface area (Å²) >= 11 is 0. The van der Waals surface area contributed by atoms with Crippen LogP contribution in [0.25, 0.3) is 0 Å². The van der Waals surface area contributed by atoms with Gasteiger partial charge in [0.05, 0.1) is 0 Å². The first-order valence-corrected chi connectivity index (χ1v) is 3.77. The topological polar surface area (TPSA) is 26.3 Å². The molecule has 0 aliphatic heterocycles. The quantitative estimate of drug-likeness (QED) is 0.681. The minimum atomic E-state index is -0.580. The Balaban J connectivity index is 2.89. The maximum absolute atomic E-state index is 10.0. The molecule has 1 radical (unpaired) electrons. The summed E-state index contributed by atoms with van der Waals surface area (Å²) in [5.74, 6) is 0. The van der Waals surface area contributed by atoms with Crippen LogP contribution >= 0.6 is 0 Å². The van der Waals surface area contributed by atoms with Crippen LogP contribution in [-0.2, 0) is 15.1 Å². The van der Waals surface area contributed by atoms with Gasteiger partial charge in [-0.15, -0.1) is 0 Å². The highest BCUT2D eigenvalue weighted by Gasteiger charge is 2.21. The van der Waals surface area contributed by atoms with E-state index >= 15 is 0 Å². The summed E-state index contributed by atoms with van der Waals surface area (Å²) in [4.78, 5) is 10.0. The zero-order valence-corrected chi connectivity index (χ0v) is 7.20. The normalized spacial score (nSPS) is 10.8. The minimum Gasteiger partial charge on any atom is -0.446 e. The molecule has 0 aliphatic carbocycles. The maximum Gasteiger partial charge on any atom is 0.418 e. The van der Waals surface area contributed by atoms with Gasteiger partial charge in [0.25, 0.3) is 0 Å². The van der Waals surface area contributed by atoms with E-state index in [-0.39, 0.29) is 0 Å². The van der Waals surface area contributed by atoms with E-state index in [1.807, 2.05) is 44.2 Å². The first-order chi connectivity index (χ1) is 5.67. The number of ether oxygens (including phenoxy) is 1. The molecule has 0 bridgehead atoms. The zero-order valence-electron chi connectivity index (χ0n) is 7.20. The molecule has 63 valence electrons. The van der Waals surface area contributed by atoms with Gasteiger partial charge in [-0.05, 0) is 19.4 Å². The summed E-state index contributed by atoms with van der Waals surface area (Å²) in [6, 6.07) is 9.56. The van der Waals surface area contributed by atoms with Gasteiger partial charge in [-0.25, -0.2) is 4.79 Å². The third-order valence-electron chi connectivity index (χ3n) is 1.77. The molecule has 0 heterocycles. The second kappa shape index (κ2) is 3.39. The number of rotatable bonds is 3. The monoisotopic (exact) mass is 163 g/mol. The van der Waals surface area contributed by atoms with Gasteiger partial charge in [-0.1, -0.05) is 30.3 Å². The zero-order chi connectivity index (χ0) is 9.03. The van der Waals surface area contributed by atoms with Crippen LogP contribution in [0.4, 0.5) is 0 Å². The third kappa shape index (κ3) is 1.84. The highest BCUT2D eigenvalue weighted by atomic mass is 16.5. The van der Waals surface area contributed by atoms with E-state index in [9.17, 15) is 4.79 Å². The molecule has 0 fully saturated rings. The molecule has 0 saturated carbocycles. The van der Waals surface area contributed by atoms with Crippen LogP contribution < -0.4 is 0 Å². The van der Waals surface area contributed by atoms with Crippen molar-refractivity contribution in [2.75, 3.05) is 0 Å². The molecule has 0 amide bonds. The first-order valence-electron chi connectivity index (χ1n) is 3.77. The Morgan fingerprint density at radius 1 is 1.25 bits per heavy atom. The lowest BCUT2D eigenvalue weighted by molar-refractivity contribution is 0.0879. The van der Waals surface area contributed by atoms with Crippen molar-refractivity contribution in [2.45, 2.75) is 19.4 Å². The molecule has 0 saturated heterocycles. The smallest absolute Gasteiger partial charge is 0.418 e. The van der Waals surface area contributed by atoms with Crippen LogP contribution in [0, 0.1) is 0 Å². The maximum atomic E-state index is 10.0. The van der Waals surface area contributed by atoms with Gasteiger partial charge in [0.2, 0.25) is 0 Å². The van der Waals surface area contributed by atoms with Crippen LogP contribution in [0.2, 0.25) is 0 Å². The van der Waals surface area contributed by atoms with Gasteiger partial charge in [-0.2, -0.15) is 0 Å². The van der Waals surface area contributed by atoms with Gasteiger partial charge in [0.1, 0.15) is 5.60 Å². The SMILES string of the molecule is CC(C)(O[C]=O)c1ccccc1. The highest BCUT2D eigenvalue weighted by Crippen LogP contribution is 2.22. The molecule has 0 atom stereocenters. The van der Waals surface area contributed by atoms with E-state index in [1.165, 1.54) is 6.47 Å². The Morgan fingerprint density at radius 3 is 2.33 bits per heavy atom. The lowest BCUT2D eigenvalue weighted by Gasteiger charge is -2.21. The van der Waals surface area contributed by atoms with Crippen molar-refractivity contribution in [2.24, 2.45) is 0 Å². The standard InChI is InChI=1S/C10H11O2/c1-10(2,12-8-11)9-6-4-3-5-7-9/h3-7H,1-2H3. The Kier molecular flexibility index (Phi) is 2.48. The molecule has 0 aliphatic rings. The van der Waals surface area contributed by atoms with E-state index in [1.54, 1.807) is 0 Å². The van der Waals surface area contributed by atoms with Crippen LogP contribution in [-0.4, -0.2) is 6.47 Å². The molecular weight excluding hydrogens is 152 g/mol. The van der Waals surface area contributed by atoms with Crippen molar-refractivity contribution in [3.05, 3.63) is 35.9 Å². The number of hydrogen-bond donors (Lipinski definition) is 0. The van der Waals surface area contributed by atoms with Crippen LogP contribution in [0.1, 0.15) is 19.4 Å². The summed E-state index contributed by atoms with van der Waals surface area (Å²) in [5.41, 5.74) is 0.386. The Labute approximate surface area is 72.2 Å². The van der Waals surface area contributed by atoms with Crippen LogP contribution in [0.15, 0.2) is 30.3 Å². The molecule has 1 rings (SSSR count). The fourth-order valence-electron chi connectivity index (χ4n) is 1.00. The van der Waals surface area contributed by atoms with E-state index in [0.717, 1.165) is 5.56 Å². The van der Waals surface area contributed by atoms with Crippen molar-refractivity contribution in [1.29, 1.82) is 0 Å². The molecule has 2 heteroatoms. The van der Waals surface area contributed by atoms with Crippen LogP contribution in [0.3, 0.4) is 0 Å². The molecule has 0 aromatic heterocycles. The summed E-state index contributed by atoms with van der Waals surface area (Å²) in [6.45, 7) is 5.11. The molecule has 0 spiro atoms. The van der Waals surface area contributed by atoms with E-state index in [0.29, 0.717) is 0 Å². The Morgan fingerprint density at radius 2 is 1.83 bits per heavy atom. The van der Waals surface area contributed by atoms with Crippen molar-refractivity contribution in [3.63, 3.8) is 0 Å². The number of carbonyl (C=O) groups excluding carboxylic acids is 1. The number of benzene rings is 1. The number of hydrogen-bond acceptors (Lipinski definition) is 2. The predicted molar refractivity (Wildman–Crippen MR) is 46.2 cm³/mol. The van der Waals surface area contributed by atoms with E-state index in [2.05, 4.69) is 0 Å². The average molecular weight is 163 g/mol. The van der Waals surface area contributed by atoms with Gasteiger partial charge < -0.3 is 4.74 Å². The minimum absolute atomic E-state index is 0.580. The van der Waals surface area contributed by atoms with Gasteiger partial charge in [0, 0.05) is 0 Å². The fraction of sp³-hybridized carbons (Fsp3) is 0.300. The average Bonchev–Trinajstić information content (AvgIpc) is 2.06. The van der Waals surface area contributed by atoms with E-state index < -0.39 is 5.60 Å². The summed E-state index contributed by atoms with van der Waals surface area (Å²) < 4.78 is 4.81. The molecule has 12 heavy (non-hydrogen) atoms. The first kappa shape index (κ1) is 8.78. The molecule has 0 N–H and O–H groups in total. The van der Waals surface area contributed by atoms with Gasteiger partial charge in [-0.3, -0.25) is 0 Å². The molecule has 0 unspecified atom stereocenters. The Bertz CT molecular complexity index is 252. The summed E-state index contributed by atoms with van der Waals surface area (Å²) in [6.07, 6.45) is 0. The second-order valence-corrected chi connectivity index (χ2v) is 3.06. The van der Waals surface area contributed by atoms with Crippen molar-refractivity contribution < 1.29 is 9.53 Å². The van der Waals surface area contributed by atoms with Gasteiger partial charge >= 0.3 is 6.47 Å². The third-order valence-corrected chi connectivity index (χ3v) is 1.77. The Hall–Kier alpha value is -1.31. The predicted octanol–water partition coefficient (Wildman–Crippen LogP) is 2.01. The molecule has 2 nitrogen and oxygen atoms in total. The largest absolute Gasteiger partial charge is 0.446 e. The summed E-state index contributed by atoms with van der Waals surface area (Å²) in [5, 5.41) is 0. The molecule has 1 aromatic rings. The molecule has 1 aromatic carbocycles. The van der Waals surface area contributed by atoms with Crippen LogP contribution in [0.5, 0.6) is 0 Å². The van der Waals surface area contributed by atoms with Crippen molar-refractivity contribution in [1.82, 2.24) is 0 Å².